The molecular weight excluding hydrogens is 473 g/mol. The first-order chi connectivity index (χ1) is 16.6. The van der Waals surface area contributed by atoms with Crippen molar-refractivity contribution in [1.82, 2.24) is 19.7 Å². The maximum absolute atomic E-state index is 13.5. The molecule has 10 heteroatoms. The van der Waals surface area contributed by atoms with Crippen molar-refractivity contribution in [2.75, 3.05) is 12.4 Å². The highest BCUT2D eigenvalue weighted by molar-refractivity contribution is 8.00. The van der Waals surface area contributed by atoms with Crippen LogP contribution in [0.15, 0.2) is 81.9 Å². The fraction of sp³-hybridized carbons (Fsp3) is 0.0833. The quantitative estimate of drug-likeness (QED) is 0.304. The van der Waals surface area contributed by atoms with Gasteiger partial charge in [-0.15, -0.1) is 10.2 Å². The average Bonchev–Trinajstić information content (AvgIpc) is 3.31. The first-order valence-electron chi connectivity index (χ1n) is 10.2. The molecule has 0 unspecified atom stereocenters. The van der Waals surface area contributed by atoms with Gasteiger partial charge in [0, 0.05) is 5.69 Å². The summed E-state index contributed by atoms with van der Waals surface area (Å²) in [5.41, 5.74) is 1.83. The molecule has 5 rings (SSSR count). The Morgan fingerprint density at radius 3 is 2.56 bits per heavy atom. The van der Waals surface area contributed by atoms with Crippen LogP contribution < -0.4 is 15.6 Å². The van der Waals surface area contributed by atoms with Gasteiger partial charge < -0.3 is 10.1 Å². The van der Waals surface area contributed by atoms with Crippen LogP contribution in [0, 0.1) is 5.82 Å². The summed E-state index contributed by atoms with van der Waals surface area (Å²) in [7, 11) is 1.62. The number of rotatable bonds is 7. The van der Waals surface area contributed by atoms with Crippen molar-refractivity contribution in [1.29, 1.82) is 0 Å². The van der Waals surface area contributed by atoms with Crippen LogP contribution in [-0.2, 0) is 5.75 Å². The molecule has 0 bridgehead atoms. The van der Waals surface area contributed by atoms with Crippen molar-refractivity contribution in [3.05, 3.63) is 94.8 Å². The molecule has 0 aliphatic rings. The molecule has 3 aromatic carbocycles. The lowest BCUT2D eigenvalue weighted by molar-refractivity contribution is 0.415. The number of halogens is 1. The predicted octanol–water partition coefficient (Wildman–Crippen LogP) is 5.42. The minimum absolute atomic E-state index is 0.202. The lowest BCUT2D eigenvalue weighted by Gasteiger charge is -2.13. The normalized spacial score (nSPS) is 11.0. The topological polar surface area (TPSA) is 81.9 Å². The van der Waals surface area contributed by atoms with Crippen LogP contribution in [0.5, 0.6) is 5.75 Å². The molecule has 170 valence electrons. The van der Waals surface area contributed by atoms with Gasteiger partial charge in [-0.2, -0.15) is 0 Å². The fourth-order valence-corrected chi connectivity index (χ4v) is 5.07. The van der Waals surface area contributed by atoms with Crippen molar-refractivity contribution < 1.29 is 9.13 Å². The van der Waals surface area contributed by atoms with Crippen molar-refractivity contribution in [3.8, 4) is 11.4 Å². The summed E-state index contributed by atoms with van der Waals surface area (Å²) in [6.07, 6.45) is 0. The van der Waals surface area contributed by atoms with E-state index >= 15 is 0 Å². The number of methoxy groups -OCH3 is 1. The van der Waals surface area contributed by atoms with Gasteiger partial charge in [0.2, 0.25) is 5.13 Å². The van der Waals surface area contributed by atoms with E-state index < -0.39 is 0 Å². The number of ether oxygens (including phenoxy) is 1. The standard InChI is InChI=1S/C24H18FN5O2S2/c1-32-18-12-8-16(9-13-18)26-23-28-29-24(34-23)33-14-21-27-20-5-3-2-4-19(20)22(31)30(21)17-10-6-15(25)7-11-17/h2-13H,14H2,1H3,(H,26,28). The molecule has 2 aromatic heterocycles. The summed E-state index contributed by atoms with van der Waals surface area (Å²) >= 11 is 2.83. The number of hydrogen-bond acceptors (Lipinski definition) is 8. The molecule has 2 heterocycles. The number of aromatic nitrogens is 4. The summed E-state index contributed by atoms with van der Waals surface area (Å²) in [6.45, 7) is 0. The van der Waals surface area contributed by atoms with Gasteiger partial charge in [0.1, 0.15) is 17.4 Å². The number of para-hydroxylation sites is 1. The van der Waals surface area contributed by atoms with Crippen LogP contribution in [0.4, 0.5) is 15.2 Å². The molecule has 34 heavy (non-hydrogen) atoms. The van der Waals surface area contributed by atoms with E-state index in [0.29, 0.717) is 33.3 Å². The number of nitrogens with one attached hydrogen (secondary N) is 1. The van der Waals surface area contributed by atoms with E-state index in [-0.39, 0.29) is 11.4 Å². The fourth-order valence-electron chi connectivity index (χ4n) is 3.37. The lowest BCUT2D eigenvalue weighted by atomic mass is 10.2. The molecule has 0 aliphatic heterocycles. The lowest BCUT2D eigenvalue weighted by Crippen LogP contribution is -2.23. The smallest absolute Gasteiger partial charge is 0.265 e. The third-order valence-electron chi connectivity index (χ3n) is 5.00. The number of thioether (sulfide) groups is 1. The summed E-state index contributed by atoms with van der Waals surface area (Å²) in [6, 6.07) is 20.5. The Hall–Kier alpha value is -3.76. The van der Waals surface area contributed by atoms with Gasteiger partial charge in [-0.1, -0.05) is 35.2 Å². The first-order valence-corrected chi connectivity index (χ1v) is 12.0. The van der Waals surface area contributed by atoms with Crippen LogP contribution in [0.1, 0.15) is 5.82 Å². The third-order valence-corrected chi connectivity index (χ3v) is 6.97. The Bertz CT molecular complexity index is 1500. The zero-order valence-electron chi connectivity index (χ0n) is 17.9. The molecule has 0 atom stereocenters. The van der Waals surface area contributed by atoms with Crippen LogP contribution in [0.2, 0.25) is 0 Å². The van der Waals surface area contributed by atoms with E-state index in [4.69, 9.17) is 9.72 Å². The van der Waals surface area contributed by atoms with Crippen molar-refractivity contribution in [3.63, 3.8) is 0 Å². The second kappa shape index (κ2) is 9.62. The highest BCUT2D eigenvalue weighted by Crippen LogP contribution is 2.30. The van der Waals surface area contributed by atoms with Gasteiger partial charge in [0.05, 0.1) is 29.5 Å². The van der Waals surface area contributed by atoms with Crippen molar-refractivity contribution in [2.24, 2.45) is 0 Å². The summed E-state index contributed by atoms with van der Waals surface area (Å²) < 4.78 is 20.9. The summed E-state index contributed by atoms with van der Waals surface area (Å²) in [5.74, 6) is 1.33. The van der Waals surface area contributed by atoms with E-state index in [1.54, 1.807) is 31.4 Å². The molecule has 0 radical (unpaired) electrons. The van der Waals surface area contributed by atoms with Crippen LogP contribution in [0.3, 0.4) is 0 Å². The van der Waals surface area contributed by atoms with Crippen LogP contribution in [-0.4, -0.2) is 26.9 Å². The molecule has 5 aromatic rings. The molecule has 0 spiro atoms. The Balaban J connectivity index is 1.41. The largest absolute Gasteiger partial charge is 0.497 e. The highest BCUT2D eigenvalue weighted by atomic mass is 32.2. The molecule has 0 saturated carbocycles. The highest BCUT2D eigenvalue weighted by Gasteiger charge is 2.15. The number of anilines is 2. The van der Waals surface area contributed by atoms with Crippen molar-refractivity contribution >= 4 is 44.8 Å². The second-order valence-corrected chi connectivity index (χ2v) is 9.38. The van der Waals surface area contributed by atoms with Crippen LogP contribution in [0.25, 0.3) is 16.6 Å². The minimum Gasteiger partial charge on any atom is -0.497 e. The SMILES string of the molecule is COc1ccc(Nc2nnc(SCc3nc4ccccc4c(=O)n3-c3ccc(F)cc3)s2)cc1. The average molecular weight is 492 g/mol. The van der Waals surface area contributed by atoms with Gasteiger partial charge in [-0.05, 0) is 60.7 Å². The number of nitrogens with zero attached hydrogens (tertiary/aromatic N) is 4. The van der Waals surface area contributed by atoms with Gasteiger partial charge in [-0.25, -0.2) is 9.37 Å². The molecule has 0 amide bonds. The molecular formula is C24H18FN5O2S2. The predicted molar refractivity (Wildman–Crippen MR) is 133 cm³/mol. The maximum Gasteiger partial charge on any atom is 0.265 e. The number of hydrogen-bond donors (Lipinski definition) is 1. The van der Waals surface area contributed by atoms with Gasteiger partial charge in [-0.3, -0.25) is 9.36 Å². The number of fused-ring (bicyclic) bond motifs is 1. The third kappa shape index (κ3) is 4.63. The second-order valence-electron chi connectivity index (χ2n) is 7.18. The van der Waals surface area contributed by atoms with E-state index in [2.05, 4.69) is 15.5 Å². The zero-order valence-corrected chi connectivity index (χ0v) is 19.6. The van der Waals surface area contributed by atoms with E-state index in [0.717, 1.165) is 15.8 Å². The Morgan fingerprint density at radius 2 is 1.79 bits per heavy atom. The molecule has 0 fully saturated rings. The van der Waals surface area contributed by atoms with E-state index in [1.165, 1.54) is 39.8 Å². The molecule has 1 N–H and O–H groups in total. The number of benzene rings is 3. The van der Waals surface area contributed by atoms with Crippen molar-refractivity contribution in [2.45, 2.75) is 10.1 Å². The summed E-state index contributed by atoms with van der Waals surface area (Å²) in [4.78, 5) is 18.0. The Kier molecular flexibility index (Phi) is 6.24. The molecule has 0 aliphatic carbocycles. The zero-order chi connectivity index (χ0) is 23.5. The van der Waals surface area contributed by atoms with E-state index in [1.807, 2.05) is 36.4 Å². The Morgan fingerprint density at radius 1 is 1.03 bits per heavy atom. The summed E-state index contributed by atoms with van der Waals surface area (Å²) in [5, 5.41) is 12.8. The van der Waals surface area contributed by atoms with Crippen LogP contribution >= 0.6 is 23.1 Å². The molecule has 0 saturated heterocycles. The van der Waals surface area contributed by atoms with Gasteiger partial charge in [0.25, 0.3) is 5.56 Å². The first kappa shape index (κ1) is 22.1. The van der Waals surface area contributed by atoms with E-state index in [9.17, 15) is 9.18 Å². The van der Waals surface area contributed by atoms with Gasteiger partial charge >= 0.3 is 0 Å². The molecule has 7 nitrogen and oxygen atoms in total. The monoisotopic (exact) mass is 491 g/mol. The maximum atomic E-state index is 13.5. The minimum atomic E-state index is -0.368. The van der Waals surface area contributed by atoms with Gasteiger partial charge in [0.15, 0.2) is 4.34 Å². The Labute approximate surface area is 202 Å².